The Morgan fingerprint density at radius 3 is 2.52 bits per heavy atom. The van der Waals surface area contributed by atoms with E-state index in [1.54, 1.807) is 31.6 Å². The predicted molar refractivity (Wildman–Crippen MR) is 102 cm³/mol. The Bertz CT molecular complexity index is 878. The van der Waals surface area contributed by atoms with Crippen LogP contribution in [0.2, 0.25) is 0 Å². The molecule has 0 saturated heterocycles. The van der Waals surface area contributed by atoms with Gasteiger partial charge < -0.3 is 19.6 Å². The number of hydrogen-bond acceptors (Lipinski definition) is 5. The minimum absolute atomic E-state index is 0.0626. The van der Waals surface area contributed by atoms with Crippen molar-refractivity contribution >= 4 is 11.7 Å². The van der Waals surface area contributed by atoms with Gasteiger partial charge in [-0.2, -0.15) is 0 Å². The lowest BCUT2D eigenvalue weighted by molar-refractivity contribution is 0.219. The number of rotatable bonds is 5. The van der Waals surface area contributed by atoms with Gasteiger partial charge in [0.25, 0.3) is 0 Å². The first kappa shape index (κ1) is 18.6. The van der Waals surface area contributed by atoms with Crippen molar-refractivity contribution in [3.63, 3.8) is 0 Å². The van der Waals surface area contributed by atoms with Crippen LogP contribution in [0, 0.1) is 12.3 Å². The van der Waals surface area contributed by atoms with E-state index in [-0.39, 0.29) is 17.5 Å². The molecule has 0 unspecified atom stereocenters. The molecule has 0 spiro atoms. The highest BCUT2D eigenvalue weighted by Crippen LogP contribution is 2.22. The molecular weight excluding hydrogens is 344 g/mol. The van der Waals surface area contributed by atoms with E-state index in [0.29, 0.717) is 24.0 Å². The number of benzene rings is 1. The Balaban J connectivity index is 1.63. The van der Waals surface area contributed by atoms with E-state index in [0.717, 1.165) is 5.56 Å². The monoisotopic (exact) mass is 368 g/mol. The quantitative estimate of drug-likeness (QED) is 0.718. The molecule has 2 aromatic heterocycles. The molecule has 27 heavy (non-hydrogen) atoms. The highest BCUT2D eigenvalue weighted by Gasteiger charge is 2.26. The Labute approximate surface area is 158 Å². The fourth-order valence-corrected chi connectivity index (χ4v) is 2.58. The van der Waals surface area contributed by atoms with Crippen molar-refractivity contribution in [3.8, 4) is 11.5 Å². The van der Waals surface area contributed by atoms with Gasteiger partial charge in [0, 0.05) is 37.1 Å². The molecule has 0 aliphatic carbocycles. The molecule has 0 fully saturated rings. The van der Waals surface area contributed by atoms with Gasteiger partial charge >= 0.3 is 6.03 Å². The molecule has 0 aliphatic heterocycles. The summed E-state index contributed by atoms with van der Waals surface area (Å²) in [5.74, 6) is 0.967. The lowest BCUT2D eigenvalue weighted by Crippen LogP contribution is -2.47. The van der Waals surface area contributed by atoms with Crippen LogP contribution in [-0.4, -0.2) is 31.8 Å². The maximum absolute atomic E-state index is 12.5. The molecule has 0 bridgehead atoms. The molecule has 8 nitrogen and oxygen atoms in total. The second kappa shape index (κ2) is 7.61. The highest BCUT2D eigenvalue weighted by molar-refractivity contribution is 5.89. The lowest BCUT2D eigenvalue weighted by Gasteiger charge is -2.31. The standard InChI is InChI=1S/C19H24N6O2/c1-13-23-24-17(27-13)14-5-7-15(8-6-14)21-18(26)22-16(19(2,3)4)11-25-10-9-20-12-25/h5-10,12,16H,11H2,1-4H3,(H2,21,22,26)/t16-/m0/s1. The van der Waals surface area contributed by atoms with Gasteiger partial charge in [-0.25, -0.2) is 9.78 Å². The third-order valence-electron chi connectivity index (χ3n) is 4.22. The Kier molecular flexibility index (Phi) is 5.25. The third-order valence-corrected chi connectivity index (χ3v) is 4.22. The minimum Gasteiger partial charge on any atom is -0.421 e. The van der Waals surface area contributed by atoms with Crippen molar-refractivity contribution in [1.29, 1.82) is 0 Å². The van der Waals surface area contributed by atoms with E-state index >= 15 is 0 Å². The Morgan fingerprint density at radius 1 is 1.22 bits per heavy atom. The van der Waals surface area contributed by atoms with Gasteiger partial charge in [0.2, 0.25) is 11.8 Å². The smallest absolute Gasteiger partial charge is 0.319 e. The Hall–Kier alpha value is -3.16. The maximum Gasteiger partial charge on any atom is 0.319 e. The van der Waals surface area contributed by atoms with Gasteiger partial charge in [-0.1, -0.05) is 20.8 Å². The van der Waals surface area contributed by atoms with Crippen LogP contribution >= 0.6 is 0 Å². The maximum atomic E-state index is 12.5. The van der Waals surface area contributed by atoms with Crippen molar-refractivity contribution in [2.24, 2.45) is 5.41 Å². The molecule has 3 aromatic rings. The molecule has 1 atom stereocenters. The van der Waals surface area contributed by atoms with E-state index in [9.17, 15) is 4.79 Å². The van der Waals surface area contributed by atoms with Crippen molar-refractivity contribution in [2.45, 2.75) is 40.3 Å². The number of carbonyl (C=O) groups is 1. The molecule has 8 heteroatoms. The fourth-order valence-electron chi connectivity index (χ4n) is 2.58. The van der Waals surface area contributed by atoms with Crippen molar-refractivity contribution in [2.75, 3.05) is 5.32 Å². The fraction of sp³-hybridized carbons (Fsp3) is 0.368. The van der Waals surface area contributed by atoms with Crippen molar-refractivity contribution in [1.82, 2.24) is 25.1 Å². The first-order valence-electron chi connectivity index (χ1n) is 8.75. The zero-order chi connectivity index (χ0) is 19.4. The van der Waals surface area contributed by atoms with E-state index in [2.05, 4.69) is 46.6 Å². The number of nitrogens with one attached hydrogen (secondary N) is 2. The summed E-state index contributed by atoms with van der Waals surface area (Å²) in [5.41, 5.74) is 1.37. The van der Waals surface area contributed by atoms with Gasteiger partial charge in [0.1, 0.15) is 0 Å². The molecule has 142 valence electrons. The summed E-state index contributed by atoms with van der Waals surface area (Å²) >= 11 is 0. The number of hydrogen-bond donors (Lipinski definition) is 2. The van der Waals surface area contributed by atoms with Crippen LogP contribution in [0.1, 0.15) is 26.7 Å². The van der Waals surface area contributed by atoms with E-state index < -0.39 is 0 Å². The number of imidazole rings is 1. The molecule has 1 aromatic carbocycles. The Morgan fingerprint density at radius 2 is 1.96 bits per heavy atom. The number of amides is 2. The first-order valence-corrected chi connectivity index (χ1v) is 8.75. The highest BCUT2D eigenvalue weighted by atomic mass is 16.4. The summed E-state index contributed by atoms with van der Waals surface area (Å²) < 4.78 is 7.36. The molecule has 0 radical (unpaired) electrons. The van der Waals surface area contributed by atoms with Gasteiger partial charge in [-0.3, -0.25) is 0 Å². The topological polar surface area (TPSA) is 97.9 Å². The SMILES string of the molecule is Cc1nnc(-c2ccc(NC(=O)N[C@@H](Cn3ccnc3)C(C)(C)C)cc2)o1. The average molecular weight is 368 g/mol. The van der Waals surface area contributed by atoms with Crippen LogP contribution in [0.3, 0.4) is 0 Å². The van der Waals surface area contributed by atoms with Crippen LogP contribution in [-0.2, 0) is 6.54 Å². The predicted octanol–water partition coefficient (Wildman–Crippen LogP) is 3.48. The van der Waals surface area contributed by atoms with E-state index in [1.165, 1.54) is 0 Å². The van der Waals surface area contributed by atoms with E-state index in [4.69, 9.17) is 4.42 Å². The summed E-state index contributed by atoms with van der Waals surface area (Å²) in [7, 11) is 0. The summed E-state index contributed by atoms with van der Waals surface area (Å²) in [4.78, 5) is 16.5. The van der Waals surface area contributed by atoms with Gasteiger partial charge in [0.15, 0.2) is 0 Å². The van der Waals surface area contributed by atoms with Crippen LogP contribution < -0.4 is 10.6 Å². The van der Waals surface area contributed by atoms with Crippen molar-refractivity contribution < 1.29 is 9.21 Å². The lowest BCUT2D eigenvalue weighted by atomic mass is 9.86. The number of carbonyl (C=O) groups excluding carboxylic acids is 1. The number of aromatic nitrogens is 4. The second-order valence-electron chi connectivity index (χ2n) is 7.48. The number of nitrogens with zero attached hydrogens (tertiary/aromatic N) is 4. The normalized spacial score (nSPS) is 12.6. The van der Waals surface area contributed by atoms with Gasteiger partial charge in [-0.05, 0) is 29.7 Å². The van der Waals surface area contributed by atoms with Crippen LogP contribution in [0.15, 0.2) is 47.4 Å². The number of anilines is 1. The minimum atomic E-state index is -0.253. The average Bonchev–Trinajstić information content (AvgIpc) is 3.26. The largest absolute Gasteiger partial charge is 0.421 e. The zero-order valence-corrected chi connectivity index (χ0v) is 15.9. The van der Waals surface area contributed by atoms with Crippen LogP contribution in [0.4, 0.5) is 10.5 Å². The molecule has 0 saturated carbocycles. The van der Waals surface area contributed by atoms with Crippen LogP contribution in [0.25, 0.3) is 11.5 Å². The summed E-state index contributed by atoms with van der Waals surface area (Å²) in [6.45, 7) is 8.67. The summed E-state index contributed by atoms with van der Waals surface area (Å²) in [6, 6.07) is 6.95. The number of urea groups is 1. The molecular formula is C19H24N6O2. The molecule has 2 N–H and O–H groups in total. The number of aryl methyl sites for hydroxylation is 1. The second-order valence-corrected chi connectivity index (χ2v) is 7.48. The molecule has 2 amide bonds. The third kappa shape index (κ3) is 4.93. The molecule has 0 aliphatic rings. The zero-order valence-electron chi connectivity index (χ0n) is 15.9. The molecule has 2 heterocycles. The van der Waals surface area contributed by atoms with E-state index in [1.807, 2.05) is 22.9 Å². The van der Waals surface area contributed by atoms with Crippen molar-refractivity contribution in [3.05, 3.63) is 48.9 Å². The summed E-state index contributed by atoms with van der Waals surface area (Å²) in [6.07, 6.45) is 5.36. The van der Waals surface area contributed by atoms with Gasteiger partial charge in [-0.15, -0.1) is 10.2 Å². The van der Waals surface area contributed by atoms with Crippen LogP contribution in [0.5, 0.6) is 0 Å². The van der Waals surface area contributed by atoms with Gasteiger partial charge in [0.05, 0.1) is 12.4 Å². The molecule has 3 rings (SSSR count). The first-order chi connectivity index (χ1) is 12.8. The summed E-state index contributed by atoms with van der Waals surface area (Å²) in [5, 5.41) is 13.7.